The summed E-state index contributed by atoms with van der Waals surface area (Å²) in [7, 11) is 4.29. The van der Waals surface area contributed by atoms with E-state index in [0.29, 0.717) is 13.0 Å². The first-order valence-corrected chi connectivity index (χ1v) is 7.32. The molecular formula is C14H29N3O2. The van der Waals surface area contributed by atoms with E-state index in [0.717, 1.165) is 19.0 Å². The molecule has 0 aromatic heterocycles. The fourth-order valence-corrected chi connectivity index (χ4v) is 2.50. The molecule has 1 unspecified atom stereocenters. The van der Waals surface area contributed by atoms with Gasteiger partial charge in [0.15, 0.2) is 0 Å². The SMILES string of the molecule is CCOC(=O)C(N)CCN(C)CC1CCN(C)CC1. The molecule has 0 aromatic rings. The van der Waals surface area contributed by atoms with Crippen molar-refractivity contribution in [2.24, 2.45) is 11.7 Å². The maximum atomic E-state index is 11.4. The standard InChI is InChI=1S/C14H29N3O2/c1-4-19-14(18)13(15)7-10-17(3)11-12-5-8-16(2)9-6-12/h12-13H,4-11,15H2,1-3H3. The first-order chi connectivity index (χ1) is 9.02. The van der Waals surface area contributed by atoms with Gasteiger partial charge in [0.25, 0.3) is 0 Å². The molecule has 0 aliphatic carbocycles. The maximum Gasteiger partial charge on any atom is 0.322 e. The minimum absolute atomic E-state index is 0.282. The number of hydrogen-bond acceptors (Lipinski definition) is 5. The quantitative estimate of drug-likeness (QED) is 0.685. The van der Waals surface area contributed by atoms with Crippen LogP contribution in [0.4, 0.5) is 0 Å². The van der Waals surface area contributed by atoms with E-state index in [1.807, 2.05) is 0 Å². The van der Waals surface area contributed by atoms with E-state index in [1.165, 1.54) is 25.9 Å². The van der Waals surface area contributed by atoms with E-state index in [1.54, 1.807) is 6.92 Å². The van der Waals surface area contributed by atoms with Gasteiger partial charge in [0, 0.05) is 6.54 Å². The highest BCUT2D eigenvalue weighted by Gasteiger charge is 2.19. The summed E-state index contributed by atoms with van der Waals surface area (Å²) in [4.78, 5) is 16.1. The van der Waals surface area contributed by atoms with Gasteiger partial charge in [0.1, 0.15) is 6.04 Å². The monoisotopic (exact) mass is 271 g/mol. The highest BCUT2D eigenvalue weighted by atomic mass is 16.5. The Kier molecular flexibility index (Phi) is 7.34. The molecule has 0 spiro atoms. The number of piperidine rings is 1. The summed E-state index contributed by atoms with van der Waals surface area (Å²) in [6.45, 7) is 6.55. The van der Waals surface area contributed by atoms with E-state index >= 15 is 0 Å². The molecule has 0 aromatic carbocycles. The lowest BCUT2D eigenvalue weighted by atomic mass is 9.96. The Morgan fingerprint density at radius 1 is 1.47 bits per heavy atom. The second-order valence-corrected chi connectivity index (χ2v) is 5.66. The number of nitrogens with zero attached hydrogens (tertiary/aromatic N) is 2. The maximum absolute atomic E-state index is 11.4. The van der Waals surface area contributed by atoms with Crippen LogP contribution in [0.15, 0.2) is 0 Å². The first kappa shape index (κ1) is 16.4. The molecule has 1 heterocycles. The minimum Gasteiger partial charge on any atom is -0.465 e. The van der Waals surface area contributed by atoms with E-state index in [4.69, 9.17) is 10.5 Å². The van der Waals surface area contributed by atoms with Gasteiger partial charge in [-0.1, -0.05) is 0 Å². The van der Waals surface area contributed by atoms with Gasteiger partial charge >= 0.3 is 5.97 Å². The van der Waals surface area contributed by atoms with Crippen molar-refractivity contribution in [3.8, 4) is 0 Å². The number of esters is 1. The Bertz CT molecular complexity index is 265. The van der Waals surface area contributed by atoms with Crippen molar-refractivity contribution in [1.29, 1.82) is 0 Å². The van der Waals surface area contributed by atoms with Crippen LogP contribution in [0.1, 0.15) is 26.2 Å². The molecular weight excluding hydrogens is 242 g/mol. The average molecular weight is 271 g/mol. The van der Waals surface area contributed by atoms with Crippen LogP contribution in [0, 0.1) is 5.92 Å². The molecule has 0 saturated carbocycles. The van der Waals surface area contributed by atoms with Crippen LogP contribution in [0.3, 0.4) is 0 Å². The van der Waals surface area contributed by atoms with Gasteiger partial charge in [-0.2, -0.15) is 0 Å². The summed E-state index contributed by atoms with van der Waals surface area (Å²) in [6.07, 6.45) is 3.21. The molecule has 2 N–H and O–H groups in total. The third-order valence-corrected chi connectivity index (χ3v) is 3.82. The molecule has 1 aliphatic rings. The zero-order chi connectivity index (χ0) is 14.3. The van der Waals surface area contributed by atoms with Crippen LogP contribution in [0.5, 0.6) is 0 Å². The second-order valence-electron chi connectivity index (χ2n) is 5.66. The molecule has 5 heteroatoms. The molecule has 0 amide bonds. The lowest BCUT2D eigenvalue weighted by Gasteiger charge is -2.31. The smallest absolute Gasteiger partial charge is 0.322 e. The van der Waals surface area contributed by atoms with Gasteiger partial charge in [-0.25, -0.2) is 0 Å². The molecule has 1 aliphatic heterocycles. The number of carbonyl (C=O) groups is 1. The fraction of sp³-hybridized carbons (Fsp3) is 0.929. The zero-order valence-corrected chi connectivity index (χ0v) is 12.6. The van der Waals surface area contributed by atoms with Crippen molar-refractivity contribution in [3.63, 3.8) is 0 Å². The predicted molar refractivity (Wildman–Crippen MR) is 76.9 cm³/mol. The Balaban J connectivity index is 2.17. The normalized spacial score (nSPS) is 19.6. The van der Waals surface area contributed by atoms with Crippen molar-refractivity contribution in [2.75, 3.05) is 46.9 Å². The molecule has 0 bridgehead atoms. The van der Waals surface area contributed by atoms with Crippen LogP contribution < -0.4 is 5.73 Å². The topological polar surface area (TPSA) is 58.8 Å². The van der Waals surface area contributed by atoms with Gasteiger partial charge in [-0.3, -0.25) is 4.79 Å². The molecule has 1 saturated heterocycles. The van der Waals surface area contributed by atoms with E-state index < -0.39 is 6.04 Å². The first-order valence-electron chi connectivity index (χ1n) is 7.32. The summed E-state index contributed by atoms with van der Waals surface area (Å²) < 4.78 is 4.91. The number of hydrogen-bond donors (Lipinski definition) is 1. The number of ether oxygens (including phenoxy) is 1. The van der Waals surface area contributed by atoms with Crippen molar-refractivity contribution in [1.82, 2.24) is 9.80 Å². The third kappa shape index (κ3) is 6.36. The number of nitrogens with two attached hydrogens (primary N) is 1. The van der Waals surface area contributed by atoms with Crippen LogP contribution in [0.25, 0.3) is 0 Å². The molecule has 19 heavy (non-hydrogen) atoms. The van der Waals surface area contributed by atoms with Crippen molar-refractivity contribution in [3.05, 3.63) is 0 Å². The summed E-state index contributed by atoms with van der Waals surface area (Å²) in [5.41, 5.74) is 5.80. The fourth-order valence-electron chi connectivity index (χ4n) is 2.50. The van der Waals surface area contributed by atoms with Crippen LogP contribution in [0.2, 0.25) is 0 Å². The lowest BCUT2D eigenvalue weighted by molar-refractivity contribution is -0.144. The Hall–Kier alpha value is -0.650. The summed E-state index contributed by atoms with van der Waals surface area (Å²) in [5, 5.41) is 0. The summed E-state index contributed by atoms with van der Waals surface area (Å²) in [6, 6.07) is -0.486. The van der Waals surface area contributed by atoms with Gasteiger partial charge in [0.05, 0.1) is 6.61 Å². The van der Waals surface area contributed by atoms with E-state index in [-0.39, 0.29) is 5.97 Å². The van der Waals surface area contributed by atoms with Crippen molar-refractivity contribution >= 4 is 5.97 Å². The second kappa shape index (κ2) is 8.51. The average Bonchev–Trinajstić information content (AvgIpc) is 2.39. The number of carbonyl (C=O) groups excluding carboxylic acids is 1. The van der Waals surface area contributed by atoms with Crippen LogP contribution in [-0.2, 0) is 9.53 Å². The molecule has 5 nitrogen and oxygen atoms in total. The molecule has 1 rings (SSSR count). The predicted octanol–water partition coefficient (Wildman–Crippen LogP) is 0.541. The highest BCUT2D eigenvalue weighted by Crippen LogP contribution is 2.16. The van der Waals surface area contributed by atoms with E-state index in [2.05, 4.69) is 23.9 Å². The molecule has 112 valence electrons. The van der Waals surface area contributed by atoms with Crippen LogP contribution >= 0.6 is 0 Å². The van der Waals surface area contributed by atoms with E-state index in [9.17, 15) is 4.79 Å². The van der Waals surface area contributed by atoms with Gasteiger partial charge < -0.3 is 20.3 Å². The summed E-state index contributed by atoms with van der Waals surface area (Å²) >= 11 is 0. The molecule has 0 radical (unpaired) electrons. The Labute approximate surface area is 117 Å². The number of likely N-dealkylation sites (tertiary alicyclic amines) is 1. The van der Waals surface area contributed by atoms with Gasteiger partial charge in [-0.15, -0.1) is 0 Å². The highest BCUT2D eigenvalue weighted by molar-refractivity contribution is 5.75. The number of rotatable bonds is 7. The van der Waals surface area contributed by atoms with Gasteiger partial charge in [0.2, 0.25) is 0 Å². The Morgan fingerprint density at radius 2 is 2.11 bits per heavy atom. The molecule has 1 fully saturated rings. The summed E-state index contributed by atoms with van der Waals surface area (Å²) in [5.74, 6) is 0.496. The largest absolute Gasteiger partial charge is 0.465 e. The van der Waals surface area contributed by atoms with Crippen molar-refractivity contribution in [2.45, 2.75) is 32.2 Å². The minimum atomic E-state index is -0.486. The lowest BCUT2D eigenvalue weighted by Crippen LogP contribution is -2.39. The Morgan fingerprint density at radius 3 is 2.68 bits per heavy atom. The van der Waals surface area contributed by atoms with Crippen LogP contribution in [-0.4, -0.2) is 68.7 Å². The molecule has 1 atom stereocenters. The van der Waals surface area contributed by atoms with Gasteiger partial charge in [-0.05, 0) is 65.8 Å². The van der Waals surface area contributed by atoms with Crippen molar-refractivity contribution < 1.29 is 9.53 Å². The third-order valence-electron chi connectivity index (χ3n) is 3.82. The zero-order valence-electron chi connectivity index (χ0n) is 12.6.